The topological polar surface area (TPSA) is 74.7 Å². The summed E-state index contributed by atoms with van der Waals surface area (Å²) >= 11 is 0. The molecule has 0 aromatic heterocycles. The van der Waals surface area contributed by atoms with Gasteiger partial charge in [-0.1, -0.05) is 32.9 Å². The van der Waals surface area contributed by atoms with Crippen LogP contribution in [0.5, 0.6) is 0 Å². The van der Waals surface area contributed by atoms with Gasteiger partial charge >= 0.3 is 5.97 Å². The summed E-state index contributed by atoms with van der Waals surface area (Å²) in [5.74, 6) is -0.835. The fraction of sp³-hybridized carbons (Fsp3) is 0.500. The number of carboxylic acids is 1. The van der Waals surface area contributed by atoms with Crippen molar-refractivity contribution in [3.8, 4) is 0 Å². The summed E-state index contributed by atoms with van der Waals surface area (Å²) in [6, 6.07) is 6.61. The Hall–Kier alpha value is -1.40. The summed E-state index contributed by atoms with van der Waals surface area (Å²) in [4.78, 5) is 10.9. The van der Waals surface area contributed by atoms with E-state index in [-0.39, 0.29) is 11.4 Å². The Morgan fingerprint density at radius 3 is 2.20 bits per heavy atom. The maximum atomic E-state index is 12.4. The molecule has 0 radical (unpaired) electrons. The van der Waals surface area contributed by atoms with Gasteiger partial charge in [0.05, 0.1) is 4.90 Å². The molecule has 0 aliphatic heterocycles. The molecule has 1 aromatic carbocycles. The summed E-state index contributed by atoms with van der Waals surface area (Å²) in [5, 5.41) is 8.83. The van der Waals surface area contributed by atoms with Crippen molar-refractivity contribution in [1.29, 1.82) is 0 Å². The Morgan fingerprint density at radius 2 is 1.80 bits per heavy atom. The van der Waals surface area contributed by atoms with Gasteiger partial charge in [0.15, 0.2) is 0 Å². The number of nitrogens with zero attached hydrogens (tertiary/aromatic N) is 1. The standard InChI is InChI=1S/C14H21NO4S/c1-4-9-15(10-14(16)17)20(18,19)13-7-5-12(6-8-13)11(2)3/h5-8,11H,4,9-10H2,1-3H3,(H,16,17). The van der Waals surface area contributed by atoms with Gasteiger partial charge in [0, 0.05) is 6.54 Å². The summed E-state index contributed by atoms with van der Waals surface area (Å²) in [5.41, 5.74) is 1.05. The van der Waals surface area contributed by atoms with Crippen molar-refractivity contribution in [3.63, 3.8) is 0 Å². The summed E-state index contributed by atoms with van der Waals surface area (Å²) in [6.45, 7) is 5.55. The van der Waals surface area contributed by atoms with Crippen molar-refractivity contribution < 1.29 is 18.3 Å². The average Bonchev–Trinajstić information content (AvgIpc) is 2.37. The van der Waals surface area contributed by atoms with Crippen LogP contribution in [0.1, 0.15) is 38.7 Å². The zero-order valence-corrected chi connectivity index (χ0v) is 12.9. The molecule has 0 saturated carbocycles. The van der Waals surface area contributed by atoms with E-state index in [4.69, 9.17) is 5.11 Å². The Kier molecular flexibility index (Phi) is 5.71. The molecule has 20 heavy (non-hydrogen) atoms. The lowest BCUT2D eigenvalue weighted by Crippen LogP contribution is -2.36. The van der Waals surface area contributed by atoms with Crippen LogP contribution in [0.4, 0.5) is 0 Å². The number of rotatable bonds is 7. The predicted molar refractivity (Wildman–Crippen MR) is 77.2 cm³/mol. The van der Waals surface area contributed by atoms with Gasteiger partial charge in [0.2, 0.25) is 10.0 Å². The fourth-order valence-corrected chi connectivity index (χ4v) is 3.34. The molecule has 0 spiro atoms. The molecule has 1 aromatic rings. The molecule has 0 atom stereocenters. The van der Waals surface area contributed by atoms with Crippen LogP contribution in [-0.2, 0) is 14.8 Å². The van der Waals surface area contributed by atoms with E-state index in [0.717, 1.165) is 9.87 Å². The van der Waals surface area contributed by atoms with Crippen LogP contribution < -0.4 is 0 Å². The first kappa shape index (κ1) is 16.7. The number of carbonyl (C=O) groups is 1. The number of aliphatic carboxylic acids is 1. The first-order chi connectivity index (χ1) is 9.28. The molecule has 0 heterocycles. The van der Waals surface area contributed by atoms with Gasteiger partial charge in [-0.15, -0.1) is 0 Å². The van der Waals surface area contributed by atoms with Gasteiger partial charge in [-0.2, -0.15) is 4.31 Å². The SMILES string of the molecule is CCCN(CC(=O)O)S(=O)(=O)c1ccc(C(C)C)cc1. The first-order valence-electron chi connectivity index (χ1n) is 6.61. The van der Waals surface area contributed by atoms with Crippen molar-refractivity contribution in [2.45, 2.75) is 38.0 Å². The van der Waals surface area contributed by atoms with Crippen LogP contribution in [0.3, 0.4) is 0 Å². The number of hydrogen-bond acceptors (Lipinski definition) is 3. The molecule has 6 heteroatoms. The maximum absolute atomic E-state index is 12.4. The van der Waals surface area contributed by atoms with Crippen molar-refractivity contribution in [2.24, 2.45) is 0 Å². The highest BCUT2D eigenvalue weighted by Crippen LogP contribution is 2.20. The van der Waals surface area contributed by atoms with Gasteiger partial charge in [0.1, 0.15) is 6.54 Å². The van der Waals surface area contributed by atoms with E-state index in [9.17, 15) is 13.2 Å². The molecule has 112 valence electrons. The van der Waals surface area contributed by atoms with Crippen molar-refractivity contribution >= 4 is 16.0 Å². The molecule has 0 aliphatic rings. The Bertz CT molecular complexity index is 549. The van der Waals surface area contributed by atoms with Crippen LogP contribution in [0.15, 0.2) is 29.2 Å². The highest BCUT2D eigenvalue weighted by molar-refractivity contribution is 7.89. The summed E-state index contributed by atoms with van der Waals surface area (Å²) < 4.78 is 25.8. The maximum Gasteiger partial charge on any atom is 0.318 e. The number of carboxylic acid groups (broad SMARTS) is 1. The molecule has 0 unspecified atom stereocenters. The minimum absolute atomic E-state index is 0.136. The molecule has 1 rings (SSSR count). The highest BCUT2D eigenvalue weighted by atomic mass is 32.2. The molecule has 1 N–H and O–H groups in total. The number of hydrogen-bond donors (Lipinski definition) is 1. The van der Waals surface area contributed by atoms with Crippen molar-refractivity contribution in [3.05, 3.63) is 29.8 Å². The number of benzene rings is 1. The largest absolute Gasteiger partial charge is 0.480 e. The highest BCUT2D eigenvalue weighted by Gasteiger charge is 2.25. The first-order valence-corrected chi connectivity index (χ1v) is 8.05. The van der Waals surface area contributed by atoms with Crippen LogP contribution >= 0.6 is 0 Å². The fourth-order valence-electron chi connectivity index (χ4n) is 1.86. The quantitative estimate of drug-likeness (QED) is 0.838. The van der Waals surface area contributed by atoms with Gasteiger partial charge in [-0.25, -0.2) is 8.42 Å². The van der Waals surface area contributed by atoms with Gasteiger partial charge in [-0.3, -0.25) is 4.79 Å². The number of sulfonamides is 1. The van der Waals surface area contributed by atoms with Gasteiger partial charge < -0.3 is 5.11 Å². The molecule has 0 aliphatic carbocycles. The molecule has 0 bridgehead atoms. The van der Waals surface area contributed by atoms with Crippen LogP contribution in [0.25, 0.3) is 0 Å². The second-order valence-electron chi connectivity index (χ2n) is 4.96. The Labute approximate surface area is 120 Å². The molecule has 0 amide bonds. The second-order valence-corrected chi connectivity index (χ2v) is 6.89. The van der Waals surface area contributed by atoms with Crippen molar-refractivity contribution in [2.75, 3.05) is 13.1 Å². The van der Waals surface area contributed by atoms with E-state index in [0.29, 0.717) is 12.3 Å². The third-order valence-electron chi connectivity index (χ3n) is 2.97. The monoisotopic (exact) mass is 299 g/mol. The molecular weight excluding hydrogens is 278 g/mol. The molecule has 0 saturated heterocycles. The zero-order chi connectivity index (χ0) is 15.3. The van der Waals surface area contributed by atoms with E-state index in [1.807, 2.05) is 20.8 Å². The van der Waals surface area contributed by atoms with Crippen LogP contribution in [0, 0.1) is 0 Å². The molecule has 0 fully saturated rings. The zero-order valence-electron chi connectivity index (χ0n) is 12.0. The average molecular weight is 299 g/mol. The van der Waals surface area contributed by atoms with Gasteiger partial charge in [0.25, 0.3) is 0 Å². The van der Waals surface area contributed by atoms with Gasteiger partial charge in [-0.05, 0) is 30.0 Å². The van der Waals surface area contributed by atoms with Crippen molar-refractivity contribution in [1.82, 2.24) is 4.31 Å². The molecule has 5 nitrogen and oxygen atoms in total. The van der Waals surface area contributed by atoms with E-state index in [2.05, 4.69) is 0 Å². The minimum atomic E-state index is -3.75. The van der Waals surface area contributed by atoms with Crippen LogP contribution in [-0.4, -0.2) is 36.9 Å². The lowest BCUT2D eigenvalue weighted by Gasteiger charge is -2.20. The van der Waals surface area contributed by atoms with Crippen LogP contribution in [0.2, 0.25) is 0 Å². The second kappa shape index (κ2) is 6.85. The lowest BCUT2D eigenvalue weighted by atomic mass is 10.0. The third-order valence-corrected chi connectivity index (χ3v) is 4.83. The summed E-state index contributed by atoms with van der Waals surface area (Å²) in [6.07, 6.45) is 0.566. The minimum Gasteiger partial charge on any atom is -0.480 e. The predicted octanol–water partition coefficient (Wildman–Crippen LogP) is 2.30. The smallest absolute Gasteiger partial charge is 0.318 e. The van der Waals surface area contributed by atoms with E-state index in [1.54, 1.807) is 12.1 Å². The van der Waals surface area contributed by atoms with E-state index < -0.39 is 22.5 Å². The van der Waals surface area contributed by atoms with E-state index in [1.165, 1.54) is 12.1 Å². The van der Waals surface area contributed by atoms with E-state index >= 15 is 0 Å². The Morgan fingerprint density at radius 1 is 1.25 bits per heavy atom. The normalized spacial score (nSPS) is 12.1. The Balaban J connectivity index is 3.08. The third kappa shape index (κ3) is 4.05. The lowest BCUT2D eigenvalue weighted by molar-refractivity contribution is -0.137. The molecular formula is C14H21NO4S. The summed E-state index contributed by atoms with van der Waals surface area (Å²) in [7, 11) is -3.75.